The first kappa shape index (κ1) is 24.4. The van der Waals surface area contributed by atoms with Crippen LogP contribution in [0.25, 0.3) is 0 Å². The Bertz CT molecular complexity index is 947. The summed E-state index contributed by atoms with van der Waals surface area (Å²) in [5.41, 5.74) is 4.26. The summed E-state index contributed by atoms with van der Waals surface area (Å²) < 4.78 is 0. The van der Waals surface area contributed by atoms with Gasteiger partial charge in [0.1, 0.15) is 5.37 Å². The second-order valence-electron chi connectivity index (χ2n) is 10.4. The van der Waals surface area contributed by atoms with Gasteiger partial charge in [-0.3, -0.25) is 14.5 Å². The summed E-state index contributed by atoms with van der Waals surface area (Å²) in [4.78, 5) is 27.2. The number of amides is 2. The van der Waals surface area contributed by atoms with Crippen LogP contribution in [-0.2, 0) is 9.59 Å². The average Bonchev–Trinajstić information content (AvgIpc) is 3.08. The first-order chi connectivity index (χ1) is 15.0. The molecular weight excluding hydrogens is 416 g/mol. The Labute approximate surface area is 197 Å². The lowest BCUT2D eigenvalue weighted by Gasteiger charge is -2.27. The normalized spacial score (nSPS) is 17.7. The Morgan fingerprint density at radius 3 is 2.38 bits per heavy atom. The van der Waals surface area contributed by atoms with Crippen LogP contribution in [0.1, 0.15) is 76.8 Å². The molecule has 1 heterocycles. The molecule has 1 aliphatic rings. The average molecular weight is 453 g/mol. The Kier molecular flexibility index (Phi) is 7.71. The maximum Gasteiger partial charge on any atom is 0.238 e. The summed E-state index contributed by atoms with van der Waals surface area (Å²) in [6.45, 7) is 13.0. The van der Waals surface area contributed by atoms with E-state index in [2.05, 4.69) is 52.9 Å². The Balaban J connectivity index is 1.71. The molecule has 0 aliphatic carbocycles. The minimum atomic E-state index is -0.0565. The minimum Gasteiger partial charge on any atom is -0.326 e. The van der Waals surface area contributed by atoms with Gasteiger partial charge in [-0.25, -0.2) is 0 Å². The molecule has 172 valence electrons. The molecule has 2 atom stereocenters. The molecule has 3 rings (SSSR count). The number of rotatable bonds is 7. The summed E-state index contributed by atoms with van der Waals surface area (Å²) in [6.07, 6.45) is 1.53. The summed E-state index contributed by atoms with van der Waals surface area (Å²) in [6, 6.07) is 16.1. The number of hydrogen-bond donors (Lipinski definition) is 1. The van der Waals surface area contributed by atoms with E-state index in [0.29, 0.717) is 24.0 Å². The lowest BCUT2D eigenvalue weighted by molar-refractivity contribution is -0.117. The first-order valence-electron chi connectivity index (χ1n) is 11.5. The van der Waals surface area contributed by atoms with Gasteiger partial charge in [0.25, 0.3) is 0 Å². The Hall–Kier alpha value is -2.27. The molecule has 2 aromatic carbocycles. The van der Waals surface area contributed by atoms with Crippen LogP contribution >= 0.6 is 11.8 Å². The van der Waals surface area contributed by atoms with E-state index in [9.17, 15) is 9.59 Å². The molecular formula is C27H36N2O2S. The monoisotopic (exact) mass is 452 g/mol. The second kappa shape index (κ2) is 10.1. The first-order valence-corrected chi connectivity index (χ1v) is 12.5. The van der Waals surface area contributed by atoms with Crippen molar-refractivity contribution < 1.29 is 9.59 Å². The number of nitrogens with zero attached hydrogens (tertiary/aromatic N) is 1. The summed E-state index contributed by atoms with van der Waals surface area (Å²) >= 11 is 1.65. The maximum atomic E-state index is 12.8. The minimum absolute atomic E-state index is 0.0485. The van der Waals surface area contributed by atoms with Crippen LogP contribution in [0.15, 0.2) is 48.5 Å². The third-order valence-electron chi connectivity index (χ3n) is 5.66. The quantitative estimate of drug-likeness (QED) is 0.492. The van der Waals surface area contributed by atoms with E-state index in [0.717, 1.165) is 23.4 Å². The van der Waals surface area contributed by atoms with Gasteiger partial charge in [-0.15, -0.1) is 11.8 Å². The van der Waals surface area contributed by atoms with Crippen molar-refractivity contribution in [2.45, 2.75) is 65.7 Å². The maximum absolute atomic E-state index is 12.8. The fourth-order valence-electron chi connectivity index (χ4n) is 4.50. The van der Waals surface area contributed by atoms with Crippen molar-refractivity contribution in [2.24, 2.45) is 11.3 Å². The van der Waals surface area contributed by atoms with E-state index in [1.54, 1.807) is 11.8 Å². The lowest BCUT2D eigenvalue weighted by Crippen LogP contribution is -2.29. The smallest absolute Gasteiger partial charge is 0.238 e. The third kappa shape index (κ3) is 6.16. The van der Waals surface area contributed by atoms with Gasteiger partial charge in [-0.2, -0.15) is 0 Å². The van der Waals surface area contributed by atoms with Gasteiger partial charge in [0.15, 0.2) is 0 Å². The molecule has 0 radical (unpaired) electrons. The summed E-state index contributed by atoms with van der Waals surface area (Å²) in [5.74, 6) is 1.33. The van der Waals surface area contributed by atoms with Crippen molar-refractivity contribution in [2.75, 3.05) is 16.0 Å². The molecule has 0 unspecified atom stereocenters. The number of para-hydroxylation sites is 1. The zero-order valence-corrected chi connectivity index (χ0v) is 21.0. The van der Waals surface area contributed by atoms with Crippen molar-refractivity contribution in [3.63, 3.8) is 0 Å². The zero-order valence-electron chi connectivity index (χ0n) is 20.1. The third-order valence-corrected chi connectivity index (χ3v) is 6.87. The van der Waals surface area contributed by atoms with Crippen LogP contribution in [0.3, 0.4) is 0 Å². The van der Waals surface area contributed by atoms with E-state index < -0.39 is 0 Å². The van der Waals surface area contributed by atoms with Crippen molar-refractivity contribution in [1.29, 1.82) is 0 Å². The fourth-order valence-corrected chi connectivity index (χ4v) is 5.67. The largest absolute Gasteiger partial charge is 0.326 e. The predicted molar refractivity (Wildman–Crippen MR) is 136 cm³/mol. The van der Waals surface area contributed by atoms with E-state index in [1.165, 1.54) is 5.56 Å². The summed E-state index contributed by atoms with van der Waals surface area (Å²) in [5, 5.41) is 2.97. The Morgan fingerprint density at radius 1 is 1.09 bits per heavy atom. The van der Waals surface area contributed by atoms with E-state index in [4.69, 9.17) is 0 Å². The zero-order chi connectivity index (χ0) is 23.5. The molecule has 1 saturated heterocycles. The van der Waals surface area contributed by atoms with Crippen molar-refractivity contribution >= 4 is 35.0 Å². The number of hydrogen-bond acceptors (Lipinski definition) is 3. The topological polar surface area (TPSA) is 49.4 Å². The molecule has 0 bridgehead atoms. The number of nitrogens with one attached hydrogen (secondary N) is 1. The lowest BCUT2D eigenvalue weighted by atomic mass is 9.84. The molecule has 1 N–H and O–H groups in total. The van der Waals surface area contributed by atoms with E-state index >= 15 is 0 Å². The standard InChI is InChI=1S/C27H36N2O2S/c1-18(2)22-9-7-8-10-23(22)29-25(31)17-32-26(29)20-11-13-21(14-12-20)28-24(30)15-19(3)16-27(4,5)6/h7-14,18-19,26H,15-17H2,1-6H3,(H,28,30)/t19-,26+/m1/s1. The van der Waals surface area contributed by atoms with Gasteiger partial charge in [0.2, 0.25) is 11.8 Å². The summed E-state index contributed by atoms with van der Waals surface area (Å²) in [7, 11) is 0. The number of benzene rings is 2. The van der Waals surface area contributed by atoms with Crippen LogP contribution in [0.5, 0.6) is 0 Å². The molecule has 0 aromatic heterocycles. The van der Waals surface area contributed by atoms with Gasteiger partial charge in [-0.1, -0.05) is 71.9 Å². The molecule has 1 fully saturated rings. The van der Waals surface area contributed by atoms with E-state index in [1.807, 2.05) is 47.4 Å². The highest BCUT2D eigenvalue weighted by Gasteiger charge is 2.35. The SMILES string of the molecule is CC(C)c1ccccc1N1C(=O)CS[C@H]1c1ccc(NC(=O)C[C@@H](C)CC(C)(C)C)cc1. The van der Waals surface area contributed by atoms with Gasteiger partial charge in [0.05, 0.1) is 5.75 Å². The van der Waals surface area contributed by atoms with Gasteiger partial charge >= 0.3 is 0 Å². The predicted octanol–water partition coefficient (Wildman–Crippen LogP) is 6.99. The molecule has 2 amide bonds. The van der Waals surface area contributed by atoms with Crippen LogP contribution < -0.4 is 10.2 Å². The molecule has 5 heteroatoms. The highest BCUT2D eigenvalue weighted by molar-refractivity contribution is 8.00. The van der Waals surface area contributed by atoms with Gasteiger partial charge < -0.3 is 5.32 Å². The van der Waals surface area contributed by atoms with Crippen LogP contribution in [0, 0.1) is 11.3 Å². The van der Waals surface area contributed by atoms with Crippen LogP contribution in [0.4, 0.5) is 11.4 Å². The fraction of sp³-hybridized carbons (Fsp3) is 0.481. The molecule has 4 nitrogen and oxygen atoms in total. The van der Waals surface area contributed by atoms with Crippen LogP contribution in [0.2, 0.25) is 0 Å². The number of carbonyl (C=O) groups excluding carboxylic acids is 2. The van der Waals surface area contributed by atoms with Crippen molar-refractivity contribution in [1.82, 2.24) is 0 Å². The second-order valence-corrected chi connectivity index (χ2v) is 11.5. The molecule has 0 saturated carbocycles. The highest BCUT2D eigenvalue weighted by Crippen LogP contribution is 2.44. The number of anilines is 2. The molecule has 1 aliphatic heterocycles. The van der Waals surface area contributed by atoms with Crippen molar-refractivity contribution in [3.8, 4) is 0 Å². The molecule has 2 aromatic rings. The van der Waals surface area contributed by atoms with E-state index in [-0.39, 0.29) is 22.6 Å². The molecule has 32 heavy (non-hydrogen) atoms. The van der Waals surface area contributed by atoms with Crippen molar-refractivity contribution in [3.05, 3.63) is 59.7 Å². The van der Waals surface area contributed by atoms with Gasteiger partial charge in [-0.05, 0) is 53.0 Å². The Morgan fingerprint density at radius 2 is 1.75 bits per heavy atom. The van der Waals surface area contributed by atoms with Gasteiger partial charge in [0, 0.05) is 17.8 Å². The molecule has 0 spiro atoms. The van der Waals surface area contributed by atoms with Crippen LogP contribution in [-0.4, -0.2) is 17.6 Å². The number of carbonyl (C=O) groups is 2. The highest BCUT2D eigenvalue weighted by atomic mass is 32.2. The number of thioether (sulfide) groups is 1.